The first-order chi connectivity index (χ1) is 23.4. The standard InChI is InChI=1S/C38H49N3O7/c1-46-26-33-12-7-19-41(33)24-34-22-35(29-17-15-27(25-42)16-18-29)48-38(47-34)32-11-6-10-31(21-32)30-9-5-8-28(20-30)23-39-36(43)13-3-2-4-14-37(44)40-45/h5-6,8-11,15-18,20-21,33-35,38,42,45H,2-4,7,12-14,19,22-26H2,1H3,(H,39,43)(H,40,44)/t33-,34-,35+,38+/m0/s1. The number of amides is 2. The number of benzene rings is 3. The normalized spacial score (nSPS) is 21.2. The van der Waals surface area contributed by atoms with Gasteiger partial charge in [-0.2, -0.15) is 0 Å². The Hall–Kier alpha value is -3.64. The summed E-state index contributed by atoms with van der Waals surface area (Å²) in [6.07, 6.45) is 4.99. The number of hydrogen-bond acceptors (Lipinski definition) is 8. The van der Waals surface area contributed by atoms with Crippen LogP contribution >= 0.6 is 0 Å². The van der Waals surface area contributed by atoms with Gasteiger partial charge < -0.3 is 24.6 Å². The summed E-state index contributed by atoms with van der Waals surface area (Å²) in [7, 11) is 1.76. The van der Waals surface area contributed by atoms with E-state index >= 15 is 0 Å². The maximum absolute atomic E-state index is 12.4. The molecule has 2 saturated heterocycles. The van der Waals surface area contributed by atoms with Crippen LogP contribution in [0.25, 0.3) is 11.1 Å². The highest BCUT2D eigenvalue weighted by molar-refractivity contribution is 5.76. The fourth-order valence-corrected chi connectivity index (χ4v) is 6.63. The number of rotatable bonds is 16. The van der Waals surface area contributed by atoms with Crippen molar-refractivity contribution in [3.8, 4) is 11.1 Å². The molecule has 48 heavy (non-hydrogen) atoms. The Bertz CT molecular complexity index is 1470. The van der Waals surface area contributed by atoms with Gasteiger partial charge in [0.05, 0.1) is 25.4 Å². The molecule has 258 valence electrons. The molecule has 4 atom stereocenters. The van der Waals surface area contributed by atoms with Crippen molar-refractivity contribution in [2.75, 3.05) is 26.8 Å². The number of unbranched alkanes of at least 4 members (excludes halogenated alkanes) is 2. The number of aliphatic hydroxyl groups is 1. The first kappa shape index (κ1) is 35.7. The summed E-state index contributed by atoms with van der Waals surface area (Å²) in [6, 6.07) is 24.8. The summed E-state index contributed by atoms with van der Waals surface area (Å²) in [5.74, 6) is -0.436. The number of aliphatic hydroxyl groups excluding tert-OH is 1. The Balaban J connectivity index is 1.25. The number of hydrogen-bond donors (Lipinski definition) is 4. The second kappa shape index (κ2) is 18.2. The fraction of sp³-hybridized carbons (Fsp3) is 0.474. The smallest absolute Gasteiger partial charge is 0.243 e. The van der Waals surface area contributed by atoms with Crippen molar-refractivity contribution in [2.45, 2.75) is 89.1 Å². The summed E-state index contributed by atoms with van der Waals surface area (Å²) in [6.45, 7) is 3.00. The van der Waals surface area contributed by atoms with E-state index in [0.29, 0.717) is 31.8 Å². The zero-order chi connectivity index (χ0) is 33.7. The Morgan fingerprint density at radius 2 is 1.65 bits per heavy atom. The number of nitrogens with zero attached hydrogens (tertiary/aromatic N) is 1. The van der Waals surface area contributed by atoms with Crippen LogP contribution < -0.4 is 10.8 Å². The van der Waals surface area contributed by atoms with E-state index in [1.165, 1.54) is 0 Å². The monoisotopic (exact) mass is 659 g/mol. The van der Waals surface area contributed by atoms with Gasteiger partial charge in [-0.25, -0.2) is 5.48 Å². The number of nitrogens with one attached hydrogen (secondary N) is 2. The third kappa shape index (κ3) is 10.2. The molecule has 0 aromatic heterocycles. The fourth-order valence-electron chi connectivity index (χ4n) is 6.63. The second-order valence-electron chi connectivity index (χ2n) is 12.8. The maximum atomic E-state index is 12.4. The zero-order valence-corrected chi connectivity index (χ0v) is 27.8. The summed E-state index contributed by atoms with van der Waals surface area (Å²) in [5.41, 5.74) is 7.58. The van der Waals surface area contributed by atoms with Crippen molar-refractivity contribution < 1.29 is 34.1 Å². The van der Waals surface area contributed by atoms with Gasteiger partial charge in [-0.1, -0.05) is 67.1 Å². The van der Waals surface area contributed by atoms with Crippen LogP contribution in [0.2, 0.25) is 0 Å². The van der Waals surface area contributed by atoms with Gasteiger partial charge in [0.25, 0.3) is 0 Å². The predicted molar refractivity (Wildman–Crippen MR) is 182 cm³/mol. The van der Waals surface area contributed by atoms with E-state index in [0.717, 1.165) is 78.8 Å². The molecule has 2 aliphatic heterocycles. The molecular formula is C38H49N3O7. The van der Waals surface area contributed by atoms with Crippen LogP contribution in [0.4, 0.5) is 0 Å². The van der Waals surface area contributed by atoms with Crippen LogP contribution in [0.3, 0.4) is 0 Å². The van der Waals surface area contributed by atoms with Gasteiger partial charge in [0.15, 0.2) is 6.29 Å². The number of carbonyl (C=O) groups excluding carboxylic acids is 2. The second-order valence-corrected chi connectivity index (χ2v) is 12.8. The van der Waals surface area contributed by atoms with E-state index in [9.17, 15) is 14.7 Å². The zero-order valence-electron chi connectivity index (χ0n) is 27.8. The molecule has 0 bridgehead atoms. The van der Waals surface area contributed by atoms with Gasteiger partial charge in [-0.15, -0.1) is 0 Å². The molecule has 0 saturated carbocycles. The molecule has 2 amide bonds. The molecular weight excluding hydrogens is 610 g/mol. The van der Waals surface area contributed by atoms with Crippen molar-refractivity contribution in [3.63, 3.8) is 0 Å². The van der Waals surface area contributed by atoms with E-state index in [-0.39, 0.29) is 31.1 Å². The highest BCUT2D eigenvalue weighted by Gasteiger charge is 2.35. The van der Waals surface area contributed by atoms with E-state index in [1.807, 2.05) is 48.5 Å². The van der Waals surface area contributed by atoms with Gasteiger partial charge in [-0.3, -0.25) is 19.7 Å². The quantitative estimate of drug-likeness (QED) is 0.0892. The van der Waals surface area contributed by atoms with Crippen LogP contribution in [-0.4, -0.2) is 66.0 Å². The van der Waals surface area contributed by atoms with Crippen LogP contribution in [0.15, 0.2) is 72.8 Å². The third-order valence-electron chi connectivity index (χ3n) is 9.25. The lowest BCUT2D eigenvalue weighted by Gasteiger charge is -2.39. The average Bonchev–Trinajstić information content (AvgIpc) is 3.56. The number of carbonyl (C=O) groups is 2. The minimum atomic E-state index is -0.546. The lowest BCUT2D eigenvalue weighted by atomic mass is 9.98. The molecule has 10 nitrogen and oxygen atoms in total. The van der Waals surface area contributed by atoms with Crippen molar-refractivity contribution >= 4 is 11.8 Å². The predicted octanol–water partition coefficient (Wildman–Crippen LogP) is 5.57. The van der Waals surface area contributed by atoms with Gasteiger partial charge in [0, 0.05) is 51.1 Å². The summed E-state index contributed by atoms with van der Waals surface area (Å²) >= 11 is 0. The molecule has 5 rings (SSSR count). The summed E-state index contributed by atoms with van der Waals surface area (Å²) in [4.78, 5) is 26.0. The average molecular weight is 660 g/mol. The number of methoxy groups -OCH3 is 1. The number of hydroxylamine groups is 1. The molecule has 10 heteroatoms. The SMILES string of the molecule is COC[C@@H]1CCCN1C[C@@H]1C[C@H](c2ccc(CO)cc2)O[C@H](c2cccc(-c3cccc(CNC(=O)CCCCCC(=O)NO)c3)c2)O1. The van der Waals surface area contributed by atoms with Gasteiger partial charge in [-0.05, 0) is 72.2 Å². The lowest BCUT2D eigenvalue weighted by molar-refractivity contribution is -0.253. The van der Waals surface area contributed by atoms with Crippen LogP contribution in [0, 0.1) is 0 Å². The van der Waals surface area contributed by atoms with Gasteiger partial charge >= 0.3 is 0 Å². The van der Waals surface area contributed by atoms with E-state index in [4.69, 9.17) is 19.4 Å². The van der Waals surface area contributed by atoms with Crippen LogP contribution in [-0.2, 0) is 37.0 Å². The van der Waals surface area contributed by atoms with Gasteiger partial charge in [0.2, 0.25) is 11.8 Å². The Labute approximate surface area is 283 Å². The summed E-state index contributed by atoms with van der Waals surface area (Å²) in [5, 5.41) is 21.1. The molecule has 0 radical (unpaired) electrons. The highest BCUT2D eigenvalue weighted by atomic mass is 16.7. The maximum Gasteiger partial charge on any atom is 0.243 e. The molecule has 4 N–H and O–H groups in total. The number of likely N-dealkylation sites (tertiary alicyclic amines) is 1. The topological polar surface area (TPSA) is 130 Å². The van der Waals surface area contributed by atoms with Crippen LogP contribution in [0.5, 0.6) is 0 Å². The highest BCUT2D eigenvalue weighted by Crippen LogP contribution is 2.39. The Morgan fingerprint density at radius 1 is 0.896 bits per heavy atom. The van der Waals surface area contributed by atoms with Crippen molar-refractivity contribution in [1.29, 1.82) is 0 Å². The van der Waals surface area contributed by atoms with E-state index in [1.54, 1.807) is 12.6 Å². The molecule has 2 aliphatic rings. The Morgan fingerprint density at radius 3 is 2.40 bits per heavy atom. The first-order valence-corrected chi connectivity index (χ1v) is 17.1. The first-order valence-electron chi connectivity index (χ1n) is 17.1. The molecule has 3 aromatic rings. The van der Waals surface area contributed by atoms with E-state index < -0.39 is 12.2 Å². The van der Waals surface area contributed by atoms with Gasteiger partial charge in [0.1, 0.15) is 0 Å². The molecule has 0 aliphatic carbocycles. The molecule has 2 heterocycles. The molecule has 0 spiro atoms. The van der Waals surface area contributed by atoms with Crippen LogP contribution in [0.1, 0.15) is 86.0 Å². The molecule has 0 unspecified atom stereocenters. The van der Waals surface area contributed by atoms with Crippen molar-refractivity contribution in [3.05, 3.63) is 95.1 Å². The molecule has 3 aromatic carbocycles. The lowest BCUT2D eigenvalue weighted by Crippen LogP contribution is -2.42. The van der Waals surface area contributed by atoms with E-state index in [2.05, 4.69) is 34.5 Å². The third-order valence-corrected chi connectivity index (χ3v) is 9.25. The minimum Gasteiger partial charge on any atom is -0.392 e. The van der Waals surface area contributed by atoms with Crippen molar-refractivity contribution in [1.82, 2.24) is 15.7 Å². The van der Waals surface area contributed by atoms with Crippen molar-refractivity contribution in [2.24, 2.45) is 0 Å². The largest absolute Gasteiger partial charge is 0.392 e. The summed E-state index contributed by atoms with van der Waals surface area (Å²) < 4.78 is 18.8. The number of ether oxygens (including phenoxy) is 3. The minimum absolute atomic E-state index is 0.00538. The molecule has 2 fully saturated rings. The Kier molecular flexibility index (Phi) is 13.5.